The molecule has 2 fully saturated rings. The van der Waals surface area contributed by atoms with Crippen molar-refractivity contribution >= 4 is 23.4 Å². The fraction of sp³-hybridized carbons (Fsp3) is 0.438. The van der Waals surface area contributed by atoms with Crippen LogP contribution in [0.1, 0.15) is 24.4 Å². The van der Waals surface area contributed by atoms with E-state index in [1.165, 1.54) is 6.07 Å². The average Bonchev–Trinajstić information content (AvgIpc) is 3.72. The van der Waals surface area contributed by atoms with Crippen LogP contribution in [0.2, 0.25) is 0 Å². The van der Waals surface area contributed by atoms with E-state index in [4.69, 9.17) is 24.7 Å². The molecular weight excluding hydrogens is 579 g/mol. The van der Waals surface area contributed by atoms with Crippen LogP contribution < -0.4 is 15.1 Å². The molecular formula is C32H39FN8O4. The fourth-order valence-corrected chi connectivity index (χ4v) is 5.98. The number of amides is 1. The van der Waals surface area contributed by atoms with Crippen LogP contribution in [0.5, 0.6) is 0 Å². The number of piperazine rings is 1. The normalized spacial score (nSPS) is 17.3. The zero-order chi connectivity index (χ0) is 31.0. The maximum absolute atomic E-state index is 14.0. The van der Waals surface area contributed by atoms with Gasteiger partial charge in [-0.05, 0) is 54.8 Å². The summed E-state index contributed by atoms with van der Waals surface area (Å²) < 4.78 is 26.9. The topological polar surface area (TPSA) is 121 Å². The van der Waals surface area contributed by atoms with Gasteiger partial charge in [-0.3, -0.25) is 4.90 Å². The number of anilines is 2. The predicted molar refractivity (Wildman–Crippen MR) is 168 cm³/mol. The maximum Gasteiger partial charge on any atom is 0.404 e. The number of aromatic nitrogens is 4. The van der Waals surface area contributed by atoms with Crippen LogP contribution in [0.4, 0.5) is 20.8 Å². The molecule has 0 unspecified atom stereocenters. The number of halogens is 1. The Labute approximate surface area is 261 Å². The fourth-order valence-electron chi connectivity index (χ4n) is 5.98. The van der Waals surface area contributed by atoms with Gasteiger partial charge in [0, 0.05) is 45.8 Å². The first-order chi connectivity index (χ1) is 22.0. The number of hydrogen-bond donors (Lipinski definition) is 2. The van der Waals surface area contributed by atoms with Gasteiger partial charge in [0.05, 0.1) is 44.4 Å². The van der Waals surface area contributed by atoms with Crippen LogP contribution in [0.15, 0.2) is 60.8 Å². The van der Waals surface area contributed by atoms with Crippen LogP contribution in [0, 0.1) is 5.82 Å². The van der Waals surface area contributed by atoms with Gasteiger partial charge in [-0.2, -0.15) is 0 Å². The number of fused-ring (bicyclic) bond motifs is 1. The lowest BCUT2D eigenvalue weighted by Crippen LogP contribution is -2.47. The summed E-state index contributed by atoms with van der Waals surface area (Å²) in [7, 11) is 0. The van der Waals surface area contributed by atoms with Gasteiger partial charge in [0.15, 0.2) is 5.65 Å². The summed E-state index contributed by atoms with van der Waals surface area (Å²) in [5.74, 6) is 1.55. The van der Waals surface area contributed by atoms with Crippen molar-refractivity contribution in [3.63, 3.8) is 0 Å². The molecule has 2 aliphatic rings. The second kappa shape index (κ2) is 14.6. The van der Waals surface area contributed by atoms with Gasteiger partial charge in [0.25, 0.3) is 0 Å². The van der Waals surface area contributed by atoms with Crippen LogP contribution >= 0.6 is 0 Å². The third-order valence-electron chi connectivity index (χ3n) is 8.27. The number of rotatable bonds is 13. The van der Waals surface area contributed by atoms with Crippen molar-refractivity contribution in [2.75, 3.05) is 82.0 Å². The molecule has 2 N–H and O–H groups in total. The molecule has 2 aliphatic heterocycles. The van der Waals surface area contributed by atoms with Crippen molar-refractivity contribution in [1.82, 2.24) is 29.8 Å². The standard InChI is InChI=1S/C32H39FN8O4/c33-25-5-1-4-24(22-25)27-7-3-12-40(27)31-10-9-29-35-23-28(41(29)37-31)26-6-2-8-30(36-26)39-15-13-38(14-16-39)17-19-45-21-20-44-18-11-34-32(42)43/h1-2,4-6,8-10,22-23,27,34H,3,7,11-21H2,(H,42,43)/t27-/m0/s1. The number of nitrogens with one attached hydrogen (secondary N) is 1. The summed E-state index contributed by atoms with van der Waals surface area (Å²) in [5.41, 5.74) is 3.36. The summed E-state index contributed by atoms with van der Waals surface area (Å²) in [6.45, 7) is 7.39. The number of nitrogens with zero attached hydrogens (tertiary/aromatic N) is 7. The second-order valence-corrected chi connectivity index (χ2v) is 11.2. The van der Waals surface area contributed by atoms with Gasteiger partial charge in [0.2, 0.25) is 0 Å². The molecule has 2 saturated heterocycles. The molecule has 0 aliphatic carbocycles. The third kappa shape index (κ3) is 7.67. The number of hydrogen-bond acceptors (Lipinski definition) is 9. The Morgan fingerprint density at radius 3 is 2.60 bits per heavy atom. The maximum atomic E-state index is 14.0. The summed E-state index contributed by atoms with van der Waals surface area (Å²) in [6.07, 6.45) is 2.75. The van der Waals surface area contributed by atoms with E-state index in [1.807, 2.05) is 47.1 Å². The Balaban J connectivity index is 1.04. The monoisotopic (exact) mass is 618 g/mol. The molecule has 1 aromatic carbocycles. The van der Waals surface area contributed by atoms with Gasteiger partial charge in [-0.15, -0.1) is 5.10 Å². The highest BCUT2D eigenvalue weighted by Gasteiger charge is 2.28. The molecule has 0 bridgehead atoms. The minimum Gasteiger partial charge on any atom is -0.465 e. The molecule has 4 aromatic rings. The summed E-state index contributed by atoms with van der Waals surface area (Å²) in [6, 6.07) is 17.0. The van der Waals surface area contributed by atoms with Crippen molar-refractivity contribution in [3.05, 3.63) is 72.2 Å². The Morgan fingerprint density at radius 1 is 0.956 bits per heavy atom. The first-order valence-electron chi connectivity index (χ1n) is 15.5. The Kier molecular flexibility index (Phi) is 9.98. The average molecular weight is 619 g/mol. The van der Waals surface area contributed by atoms with Crippen molar-refractivity contribution in [2.45, 2.75) is 18.9 Å². The zero-order valence-electron chi connectivity index (χ0n) is 25.2. The van der Waals surface area contributed by atoms with E-state index < -0.39 is 6.09 Å². The molecule has 0 spiro atoms. The Bertz CT molecular complexity index is 1580. The molecule has 13 heteroatoms. The van der Waals surface area contributed by atoms with Crippen LogP contribution in [0.3, 0.4) is 0 Å². The highest BCUT2D eigenvalue weighted by molar-refractivity contribution is 5.64. The quantitative estimate of drug-likeness (QED) is 0.215. The second-order valence-electron chi connectivity index (χ2n) is 11.2. The highest BCUT2D eigenvalue weighted by atomic mass is 19.1. The highest BCUT2D eigenvalue weighted by Crippen LogP contribution is 2.35. The lowest BCUT2D eigenvalue weighted by Gasteiger charge is -2.35. The van der Waals surface area contributed by atoms with Gasteiger partial charge >= 0.3 is 6.09 Å². The molecule has 1 atom stereocenters. The van der Waals surface area contributed by atoms with Gasteiger partial charge in [-0.1, -0.05) is 18.2 Å². The summed E-state index contributed by atoms with van der Waals surface area (Å²) in [5, 5.41) is 15.8. The van der Waals surface area contributed by atoms with E-state index in [-0.39, 0.29) is 18.4 Å². The molecule has 0 radical (unpaired) electrons. The molecule has 12 nitrogen and oxygen atoms in total. The van der Waals surface area contributed by atoms with E-state index in [0.717, 1.165) is 86.3 Å². The number of pyridine rings is 1. The van der Waals surface area contributed by atoms with Crippen LogP contribution in [-0.2, 0) is 9.47 Å². The molecule has 5 heterocycles. The number of imidazole rings is 1. The molecule has 0 saturated carbocycles. The molecule has 1 amide bonds. The summed E-state index contributed by atoms with van der Waals surface area (Å²) in [4.78, 5) is 27.0. The lowest BCUT2D eigenvalue weighted by atomic mass is 10.0. The first kappa shape index (κ1) is 30.7. The van der Waals surface area contributed by atoms with Crippen molar-refractivity contribution in [3.8, 4) is 11.4 Å². The SMILES string of the molecule is O=C(O)NCCOCCOCCN1CCN(c2cccc(-c3cnc4ccc(N5CCC[C@H]5c5cccc(F)c5)nn34)n2)CC1. The lowest BCUT2D eigenvalue weighted by molar-refractivity contribution is 0.0390. The van der Waals surface area contributed by atoms with E-state index in [0.29, 0.717) is 26.4 Å². The number of carbonyl (C=O) groups is 1. The molecule has 238 valence electrons. The van der Waals surface area contributed by atoms with Gasteiger partial charge in [0.1, 0.15) is 23.1 Å². The Hall–Kier alpha value is -4.33. The van der Waals surface area contributed by atoms with E-state index in [1.54, 1.807) is 12.1 Å². The Morgan fingerprint density at radius 2 is 1.78 bits per heavy atom. The predicted octanol–water partition coefficient (Wildman–Crippen LogP) is 3.69. The van der Waals surface area contributed by atoms with E-state index in [9.17, 15) is 9.18 Å². The first-order valence-corrected chi connectivity index (χ1v) is 15.5. The smallest absolute Gasteiger partial charge is 0.404 e. The largest absolute Gasteiger partial charge is 0.465 e. The number of carboxylic acid groups (broad SMARTS) is 1. The van der Waals surface area contributed by atoms with E-state index >= 15 is 0 Å². The van der Waals surface area contributed by atoms with Gasteiger partial charge in [-0.25, -0.2) is 23.7 Å². The summed E-state index contributed by atoms with van der Waals surface area (Å²) >= 11 is 0. The van der Waals surface area contributed by atoms with Gasteiger partial charge < -0.3 is 29.7 Å². The van der Waals surface area contributed by atoms with Crippen molar-refractivity contribution in [2.24, 2.45) is 0 Å². The number of benzene rings is 1. The molecule has 6 rings (SSSR count). The van der Waals surface area contributed by atoms with Crippen LogP contribution in [0.25, 0.3) is 17.0 Å². The third-order valence-corrected chi connectivity index (χ3v) is 8.27. The van der Waals surface area contributed by atoms with E-state index in [2.05, 4.69) is 25.0 Å². The van der Waals surface area contributed by atoms with Crippen molar-refractivity contribution in [1.29, 1.82) is 0 Å². The minimum atomic E-state index is -1.05. The zero-order valence-corrected chi connectivity index (χ0v) is 25.2. The number of ether oxygens (including phenoxy) is 2. The molecule has 45 heavy (non-hydrogen) atoms. The van der Waals surface area contributed by atoms with Crippen LogP contribution in [-0.4, -0.2) is 108 Å². The molecule has 3 aromatic heterocycles. The van der Waals surface area contributed by atoms with Crippen molar-refractivity contribution < 1.29 is 23.8 Å². The minimum absolute atomic E-state index is 0.0814.